The number of fused-ring (bicyclic) bond motifs is 2. The van der Waals surface area contributed by atoms with Gasteiger partial charge in [0, 0.05) is 24.2 Å². The Bertz CT molecular complexity index is 437. The molecule has 0 aromatic rings. The molecule has 0 aliphatic carbocycles. The van der Waals surface area contributed by atoms with Crippen molar-refractivity contribution in [2.24, 2.45) is 0 Å². The number of nitrogens with zero attached hydrogens (tertiary/aromatic N) is 1. The zero-order valence-electron chi connectivity index (χ0n) is 13.3. The maximum absolute atomic E-state index is 12.0. The zero-order valence-corrected chi connectivity index (χ0v) is 14.1. The molecule has 2 bridgehead atoms. The molecule has 3 unspecified atom stereocenters. The Hall–Kier alpha value is -0.130. The molecule has 0 aromatic carbocycles. The van der Waals surface area contributed by atoms with E-state index in [4.69, 9.17) is 0 Å². The summed E-state index contributed by atoms with van der Waals surface area (Å²) in [5.41, 5.74) is 0. The van der Waals surface area contributed by atoms with Crippen LogP contribution >= 0.6 is 0 Å². The van der Waals surface area contributed by atoms with Crippen LogP contribution in [0.2, 0.25) is 0 Å². The van der Waals surface area contributed by atoms with E-state index in [1.165, 1.54) is 38.5 Å². The second-order valence-corrected chi connectivity index (χ2v) is 9.45. The molecule has 3 fully saturated rings. The van der Waals surface area contributed by atoms with Crippen LogP contribution < -0.4 is 5.32 Å². The number of nitrogens with one attached hydrogen (secondary N) is 1. The van der Waals surface area contributed by atoms with Crippen LogP contribution in [0.15, 0.2) is 0 Å². The Kier molecular flexibility index (Phi) is 4.91. The second-order valence-electron chi connectivity index (χ2n) is 7.22. The van der Waals surface area contributed by atoms with Gasteiger partial charge < -0.3 is 5.32 Å². The molecule has 3 heterocycles. The smallest absolute Gasteiger partial charge is 0.151 e. The van der Waals surface area contributed by atoms with Gasteiger partial charge in [0.05, 0.1) is 11.5 Å². The maximum atomic E-state index is 12.0. The van der Waals surface area contributed by atoms with Crippen molar-refractivity contribution in [2.45, 2.75) is 82.5 Å². The molecule has 1 N–H and O–H groups in total. The standard InChI is InChI=1S/C16H30N2O2S/c1-2-8-17-13-10-14-5-3-6-15(11-13)18(14)16-7-4-9-21(19,20)12-16/h13-17H,2-12H2,1H3. The molecule has 5 heteroatoms. The number of piperidine rings is 2. The summed E-state index contributed by atoms with van der Waals surface area (Å²) >= 11 is 0. The van der Waals surface area contributed by atoms with Gasteiger partial charge in [0.25, 0.3) is 0 Å². The molecule has 4 nitrogen and oxygen atoms in total. The predicted octanol–water partition coefficient (Wildman–Crippen LogP) is 1.95. The highest BCUT2D eigenvalue weighted by Gasteiger charge is 2.43. The van der Waals surface area contributed by atoms with Gasteiger partial charge in [-0.3, -0.25) is 4.90 Å². The fourth-order valence-electron chi connectivity index (χ4n) is 4.76. The van der Waals surface area contributed by atoms with Gasteiger partial charge >= 0.3 is 0 Å². The minimum absolute atomic E-state index is 0.297. The lowest BCUT2D eigenvalue weighted by Gasteiger charge is -2.53. The van der Waals surface area contributed by atoms with Gasteiger partial charge in [0.15, 0.2) is 9.84 Å². The Morgan fingerprint density at radius 3 is 2.33 bits per heavy atom. The van der Waals surface area contributed by atoms with Gasteiger partial charge in [0.2, 0.25) is 0 Å². The minimum Gasteiger partial charge on any atom is -0.314 e. The van der Waals surface area contributed by atoms with Crippen molar-refractivity contribution in [1.82, 2.24) is 10.2 Å². The minimum atomic E-state index is -2.80. The monoisotopic (exact) mass is 314 g/mol. The molecule has 3 aliphatic heterocycles. The predicted molar refractivity (Wildman–Crippen MR) is 86.3 cm³/mol. The third kappa shape index (κ3) is 3.62. The zero-order chi connectivity index (χ0) is 14.9. The molecular formula is C16H30N2O2S. The average molecular weight is 314 g/mol. The highest BCUT2D eigenvalue weighted by atomic mass is 32.2. The van der Waals surface area contributed by atoms with Crippen LogP contribution in [0.4, 0.5) is 0 Å². The third-order valence-electron chi connectivity index (χ3n) is 5.57. The van der Waals surface area contributed by atoms with Gasteiger partial charge in [-0.1, -0.05) is 13.3 Å². The quantitative estimate of drug-likeness (QED) is 0.862. The van der Waals surface area contributed by atoms with E-state index in [9.17, 15) is 8.42 Å². The molecule has 21 heavy (non-hydrogen) atoms. The van der Waals surface area contributed by atoms with Crippen LogP contribution in [-0.2, 0) is 9.84 Å². The van der Waals surface area contributed by atoms with Crippen LogP contribution in [0.3, 0.4) is 0 Å². The number of hydrogen-bond donors (Lipinski definition) is 1. The Labute approximate surface area is 129 Å². The van der Waals surface area contributed by atoms with Crippen molar-refractivity contribution in [2.75, 3.05) is 18.1 Å². The van der Waals surface area contributed by atoms with Crippen LogP contribution in [0, 0.1) is 0 Å². The van der Waals surface area contributed by atoms with Gasteiger partial charge in [-0.25, -0.2) is 8.42 Å². The van der Waals surface area contributed by atoms with E-state index in [-0.39, 0.29) is 0 Å². The first-order valence-electron chi connectivity index (χ1n) is 8.80. The molecule has 0 spiro atoms. The molecule has 3 saturated heterocycles. The summed E-state index contributed by atoms with van der Waals surface area (Å²) in [6, 6.07) is 2.18. The van der Waals surface area contributed by atoms with Crippen molar-refractivity contribution in [3.8, 4) is 0 Å². The normalized spacial score (nSPS) is 40.0. The van der Waals surface area contributed by atoms with E-state index in [2.05, 4.69) is 17.1 Å². The summed E-state index contributed by atoms with van der Waals surface area (Å²) < 4.78 is 24.0. The fraction of sp³-hybridized carbons (Fsp3) is 1.00. The van der Waals surface area contributed by atoms with Crippen molar-refractivity contribution >= 4 is 9.84 Å². The summed E-state index contributed by atoms with van der Waals surface area (Å²) in [7, 11) is -2.80. The van der Waals surface area contributed by atoms with E-state index in [0.717, 1.165) is 19.4 Å². The molecule has 3 aliphatic rings. The first-order valence-corrected chi connectivity index (χ1v) is 10.6. The first kappa shape index (κ1) is 15.8. The van der Waals surface area contributed by atoms with Crippen molar-refractivity contribution in [3.05, 3.63) is 0 Å². The topological polar surface area (TPSA) is 49.4 Å². The van der Waals surface area contributed by atoms with Crippen LogP contribution in [0.5, 0.6) is 0 Å². The second kappa shape index (κ2) is 6.55. The molecule has 122 valence electrons. The van der Waals surface area contributed by atoms with Gasteiger partial charge in [0.1, 0.15) is 0 Å². The molecule has 3 atom stereocenters. The largest absolute Gasteiger partial charge is 0.314 e. The maximum Gasteiger partial charge on any atom is 0.151 e. The lowest BCUT2D eigenvalue weighted by molar-refractivity contribution is -0.00775. The van der Waals surface area contributed by atoms with Gasteiger partial charge in [-0.2, -0.15) is 0 Å². The summed E-state index contributed by atoms with van der Waals surface area (Å²) in [6.07, 6.45) is 9.41. The molecule has 3 rings (SSSR count). The van der Waals surface area contributed by atoms with E-state index in [1.807, 2.05) is 0 Å². The summed E-state index contributed by atoms with van der Waals surface area (Å²) in [6.45, 7) is 3.33. The summed E-state index contributed by atoms with van der Waals surface area (Å²) in [5.74, 6) is 0.820. The number of rotatable bonds is 4. The number of sulfone groups is 1. The van der Waals surface area contributed by atoms with Crippen LogP contribution in [0.1, 0.15) is 58.3 Å². The van der Waals surface area contributed by atoms with Gasteiger partial charge in [-0.05, 0) is 51.5 Å². The Morgan fingerprint density at radius 2 is 1.71 bits per heavy atom. The van der Waals surface area contributed by atoms with E-state index < -0.39 is 9.84 Å². The van der Waals surface area contributed by atoms with Gasteiger partial charge in [-0.15, -0.1) is 0 Å². The van der Waals surface area contributed by atoms with Crippen molar-refractivity contribution in [1.29, 1.82) is 0 Å². The highest BCUT2D eigenvalue weighted by molar-refractivity contribution is 7.91. The van der Waals surface area contributed by atoms with Crippen molar-refractivity contribution < 1.29 is 8.42 Å². The SMILES string of the molecule is CCCNC1CC2CCCC(C1)N2C1CCCS(=O)(=O)C1. The summed E-state index contributed by atoms with van der Waals surface area (Å²) in [5, 5.41) is 3.69. The number of hydrogen-bond acceptors (Lipinski definition) is 4. The Balaban J connectivity index is 1.68. The molecule has 0 radical (unpaired) electrons. The highest BCUT2D eigenvalue weighted by Crippen LogP contribution is 2.37. The molecule has 0 saturated carbocycles. The third-order valence-corrected chi connectivity index (χ3v) is 7.38. The average Bonchev–Trinajstić information content (AvgIpc) is 2.43. The Morgan fingerprint density at radius 1 is 1.05 bits per heavy atom. The lowest BCUT2D eigenvalue weighted by Crippen LogP contribution is -2.61. The molecular weight excluding hydrogens is 284 g/mol. The van der Waals surface area contributed by atoms with E-state index in [1.54, 1.807) is 0 Å². The molecule has 0 aromatic heterocycles. The van der Waals surface area contributed by atoms with E-state index in [0.29, 0.717) is 35.7 Å². The van der Waals surface area contributed by atoms with Crippen LogP contribution in [0.25, 0.3) is 0 Å². The summed E-state index contributed by atoms with van der Waals surface area (Å²) in [4.78, 5) is 2.63. The van der Waals surface area contributed by atoms with E-state index >= 15 is 0 Å². The fourth-order valence-corrected chi connectivity index (χ4v) is 6.46. The first-order chi connectivity index (χ1) is 10.1. The van der Waals surface area contributed by atoms with Crippen molar-refractivity contribution in [3.63, 3.8) is 0 Å². The van der Waals surface area contributed by atoms with Crippen LogP contribution in [-0.4, -0.2) is 55.5 Å². The molecule has 0 amide bonds. The lowest BCUT2D eigenvalue weighted by atomic mass is 9.80.